The van der Waals surface area contributed by atoms with Gasteiger partial charge >= 0.3 is 23.9 Å². The van der Waals surface area contributed by atoms with Crippen LogP contribution in [0.15, 0.2) is 41.5 Å². The lowest BCUT2D eigenvalue weighted by Crippen LogP contribution is -2.83. The van der Waals surface area contributed by atoms with Crippen molar-refractivity contribution in [2.75, 3.05) is 6.61 Å². The molecule has 6 rings (SSSR count). The molecule has 0 amide bonds. The van der Waals surface area contributed by atoms with Crippen LogP contribution >= 0.6 is 0 Å². The topological polar surface area (TPSA) is 161 Å². The monoisotopic (exact) mass is 740 g/mol. The SMILES string of the molecule is CC[Si](CC)(CC)O[C@H]1C[C@H]2OC[C@@]2(OC(C)=O)[C@H]2[C@H](OC(=O)c3ccccc3)[C@]34OC(=O)C[C@H]3[C@H](O)C(C)=C([C@@H](OC(C)=O)C(=O)[C@]12C)C4(C)C. The molecule has 0 radical (unpaired) electrons. The van der Waals surface area contributed by atoms with E-state index in [0.717, 1.165) is 18.1 Å². The zero-order valence-corrected chi connectivity index (χ0v) is 32.6. The van der Waals surface area contributed by atoms with Crippen molar-refractivity contribution in [2.45, 2.75) is 135 Å². The first-order valence-electron chi connectivity index (χ1n) is 18.5. The van der Waals surface area contributed by atoms with E-state index in [0.29, 0.717) is 5.57 Å². The average molecular weight is 741 g/mol. The second-order valence-corrected chi connectivity index (χ2v) is 20.7. The zero-order chi connectivity index (χ0) is 38.2. The van der Waals surface area contributed by atoms with Gasteiger partial charge in [0.15, 0.2) is 37.5 Å². The van der Waals surface area contributed by atoms with Gasteiger partial charge in [0.1, 0.15) is 6.10 Å². The molecule has 52 heavy (non-hydrogen) atoms. The number of carbonyl (C=O) groups excluding carboxylic acids is 5. The molecule has 1 N–H and O–H groups in total. The summed E-state index contributed by atoms with van der Waals surface area (Å²) in [6.45, 7) is 15.4. The third-order valence-corrected chi connectivity index (χ3v) is 18.0. The fourth-order valence-electron chi connectivity index (χ4n) is 10.6. The minimum absolute atomic E-state index is 0.146. The number of fused-ring (bicyclic) bond motifs is 4. The van der Waals surface area contributed by atoms with E-state index in [1.54, 1.807) is 58.0 Å². The second kappa shape index (κ2) is 13.2. The number of ketones is 1. The summed E-state index contributed by atoms with van der Waals surface area (Å²) in [6.07, 6.45) is -6.10. The van der Waals surface area contributed by atoms with Crippen LogP contribution in [0.3, 0.4) is 0 Å². The van der Waals surface area contributed by atoms with Gasteiger partial charge in [0.05, 0.1) is 42.1 Å². The Labute approximate surface area is 306 Å². The molecule has 3 aliphatic carbocycles. The first-order valence-corrected chi connectivity index (χ1v) is 21.0. The Kier molecular flexibility index (Phi) is 9.71. The Morgan fingerprint density at radius 2 is 1.60 bits per heavy atom. The Balaban J connectivity index is 1.74. The van der Waals surface area contributed by atoms with Gasteiger partial charge in [-0.2, -0.15) is 0 Å². The van der Waals surface area contributed by atoms with Crippen molar-refractivity contribution in [2.24, 2.45) is 22.7 Å². The third-order valence-electron chi connectivity index (χ3n) is 13.4. The Bertz CT molecular complexity index is 1680. The minimum atomic E-state index is -2.52. The first kappa shape index (κ1) is 38.3. The lowest BCUT2D eigenvalue weighted by molar-refractivity contribution is -0.345. The predicted octanol–water partition coefficient (Wildman–Crippen LogP) is 4.86. The van der Waals surface area contributed by atoms with E-state index in [-0.39, 0.29) is 30.6 Å². The maximum absolute atomic E-state index is 15.9. The van der Waals surface area contributed by atoms with E-state index in [1.807, 2.05) is 0 Å². The highest BCUT2D eigenvalue weighted by molar-refractivity contribution is 6.73. The van der Waals surface area contributed by atoms with Gasteiger partial charge in [-0.1, -0.05) is 52.8 Å². The standard InChI is InChI=1S/C39H52O12Si/c1-10-52(11-2,12-3)51-26-19-27-38(20-46-27,49-23(6)41)32-34(48-35(45)24-16-14-13-15-17-24)39-25(18-28(42)50-39)30(43)21(4)29(36(39,7)8)31(47-22(5)40)33(44)37(26,32)9/h13-17,25-27,30-32,34,43H,10-12,18-20H2,1-9H3/t25-,26-,27+,30+,31+,32-,34-,37+,38-,39+/m0/s1. The first-order chi connectivity index (χ1) is 24.4. The summed E-state index contributed by atoms with van der Waals surface area (Å²) in [7, 11) is -2.52. The molecule has 4 fully saturated rings. The quantitative estimate of drug-likeness (QED) is 0.159. The number of hydrogen-bond donors (Lipinski definition) is 1. The van der Waals surface area contributed by atoms with E-state index in [4.69, 9.17) is 28.1 Å². The number of esters is 4. The molecule has 0 unspecified atom stereocenters. The molecule has 2 saturated heterocycles. The van der Waals surface area contributed by atoms with E-state index < -0.39 is 102 Å². The lowest BCUT2D eigenvalue weighted by atomic mass is 9.43. The molecule has 1 aromatic rings. The van der Waals surface area contributed by atoms with E-state index in [2.05, 4.69) is 20.8 Å². The van der Waals surface area contributed by atoms with Gasteiger partial charge < -0.3 is 33.2 Å². The van der Waals surface area contributed by atoms with Crippen molar-refractivity contribution in [3.63, 3.8) is 0 Å². The smallest absolute Gasteiger partial charge is 0.338 e. The van der Waals surface area contributed by atoms with Crippen molar-refractivity contribution in [1.82, 2.24) is 0 Å². The maximum atomic E-state index is 15.9. The predicted molar refractivity (Wildman–Crippen MR) is 188 cm³/mol. The summed E-state index contributed by atoms with van der Waals surface area (Å²) in [5, 5.41) is 12.1. The molecule has 2 saturated carbocycles. The van der Waals surface area contributed by atoms with Crippen molar-refractivity contribution in [3.05, 3.63) is 47.0 Å². The summed E-state index contributed by atoms with van der Waals surface area (Å²) in [6, 6.07) is 10.6. The fraction of sp³-hybridized carbons (Fsp3) is 0.667. The number of rotatable bonds is 9. The molecule has 284 valence electrons. The Morgan fingerprint density at radius 1 is 0.962 bits per heavy atom. The van der Waals surface area contributed by atoms with Crippen LogP contribution in [0.25, 0.3) is 0 Å². The van der Waals surface area contributed by atoms with E-state index >= 15 is 4.79 Å². The number of ether oxygens (including phenoxy) is 5. The van der Waals surface area contributed by atoms with Crippen LogP contribution in [0.2, 0.25) is 18.1 Å². The maximum Gasteiger partial charge on any atom is 0.338 e. The molecule has 2 heterocycles. The van der Waals surface area contributed by atoms with Crippen molar-refractivity contribution in [1.29, 1.82) is 0 Å². The number of Topliss-reactive ketones (excluding diaryl/α,β-unsaturated/α-hetero) is 1. The summed E-state index contributed by atoms with van der Waals surface area (Å²) in [5.74, 6) is -5.54. The summed E-state index contributed by atoms with van der Waals surface area (Å²) < 4.78 is 39.0. The molecule has 1 spiro atoms. The van der Waals surface area contributed by atoms with E-state index in [9.17, 15) is 24.3 Å². The van der Waals surface area contributed by atoms with Crippen LogP contribution in [0, 0.1) is 22.7 Å². The van der Waals surface area contributed by atoms with Crippen molar-refractivity contribution >= 4 is 38.0 Å². The second-order valence-electron chi connectivity index (χ2n) is 16.0. The van der Waals surface area contributed by atoms with Gasteiger partial charge in [-0.25, -0.2) is 4.79 Å². The van der Waals surface area contributed by atoms with Gasteiger partial charge in [-0.05, 0) is 55.3 Å². The summed E-state index contributed by atoms with van der Waals surface area (Å²) >= 11 is 0. The fourth-order valence-corrected chi connectivity index (χ4v) is 13.5. The molecule has 2 aliphatic heterocycles. The summed E-state index contributed by atoms with van der Waals surface area (Å²) in [4.78, 5) is 70.1. The van der Waals surface area contributed by atoms with Crippen LogP contribution in [-0.4, -0.2) is 91.4 Å². The van der Waals surface area contributed by atoms with Crippen LogP contribution < -0.4 is 0 Å². The highest BCUT2D eigenvalue weighted by Gasteiger charge is 2.82. The molecule has 1 aromatic carbocycles. The van der Waals surface area contributed by atoms with Gasteiger partial charge in [-0.3, -0.25) is 19.2 Å². The molecule has 12 nitrogen and oxygen atoms in total. The molecule has 0 aromatic heterocycles. The number of aliphatic hydroxyl groups excluding tert-OH is 1. The molecule has 13 heteroatoms. The lowest BCUT2D eigenvalue weighted by Gasteiger charge is -2.68. The normalized spacial score (nSPS) is 37.6. The van der Waals surface area contributed by atoms with Gasteiger partial charge in [-0.15, -0.1) is 0 Å². The molecule has 10 atom stereocenters. The molecule has 5 aliphatic rings. The van der Waals surface area contributed by atoms with Crippen molar-refractivity contribution < 1.29 is 57.2 Å². The summed E-state index contributed by atoms with van der Waals surface area (Å²) in [5.41, 5.74) is -5.63. The Morgan fingerprint density at radius 3 is 2.13 bits per heavy atom. The van der Waals surface area contributed by atoms with Gasteiger partial charge in [0, 0.05) is 31.6 Å². The Hall–Kier alpha value is -3.39. The zero-order valence-electron chi connectivity index (χ0n) is 31.6. The minimum Gasteiger partial charge on any atom is -0.454 e. The largest absolute Gasteiger partial charge is 0.454 e. The van der Waals surface area contributed by atoms with Crippen LogP contribution in [0.1, 0.15) is 85.5 Å². The highest BCUT2D eigenvalue weighted by atomic mass is 28.4. The number of carbonyl (C=O) groups is 5. The molecule has 2 bridgehead atoms. The molecular formula is C39H52O12Si. The van der Waals surface area contributed by atoms with Crippen molar-refractivity contribution in [3.8, 4) is 0 Å². The molecular weight excluding hydrogens is 689 g/mol. The van der Waals surface area contributed by atoms with Crippen LogP contribution in [0.4, 0.5) is 0 Å². The van der Waals surface area contributed by atoms with E-state index in [1.165, 1.54) is 13.8 Å². The third kappa shape index (κ3) is 5.27. The van der Waals surface area contributed by atoms with Crippen LogP contribution in [-0.2, 0) is 47.3 Å². The highest BCUT2D eigenvalue weighted by Crippen LogP contribution is 2.68. The van der Waals surface area contributed by atoms with Gasteiger partial charge in [0.2, 0.25) is 0 Å². The number of benzene rings is 1. The number of aliphatic hydroxyl groups is 1. The van der Waals surface area contributed by atoms with Gasteiger partial charge in [0.25, 0.3) is 0 Å². The number of hydrogen-bond acceptors (Lipinski definition) is 12. The van der Waals surface area contributed by atoms with Crippen LogP contribution in [0.5, 0.6) is 0 Å². The average Bonchev–Trinajstić information content (AvgIpc) is 3.47.